The number of pyridine rings is 2. The number of amides is 1. The number of aromatic nitrogens is 3. The van der Waals surface area contributed by atoms with Crippen LogP contribution in [0.5, 0.6) is 5.75 Å². The minimum absolute atomic E-state index is 0.151. The van der Waals surface area contributed by atoms with Crippen molar-refractivity contribution in [3.05, 3.63) is 53.5 Å². The van der Waals surface area contributed by atoms with Gasteiger partial charge in [-0.1, -0.05) is 6.92 Å². The zero-order chi connectivity index (χ0) is 20.5. The fourth-order valence-corrected chi connectivity index (χ4v) is 2.55. The van der Waals surface area contributed by atoms with Crippen LogP contribution in [0, 0.1) is 5.82 Å². The molecule has 6 nitrogen and oxygen atoms in total. The topological polar surface area (TPSA) is 68.5 Å². The van der Waals surface area contributed by atoms with Crippen molar-refractivity contribution in [2.45, 2.75) is 26.4 Å². The fourth-order valence-electron chi connectivity index (χ4n) is 2.55. The predicted octanol–water partition coefficient (Wildman–Crippen LogP) is 4.10. The van der Waals surface area contributed by atoms with Crippen LogP contribution in [-0.2, 0) is 12.6 Å². The first-order valence-corrected chi connectivity index (χ1v) is 8.42. The summed E-state index contributed by atoms with van der Waals surface area (Å²) in [6.45, 7) is 3.93. The highest BCUT2D eigenvalue weighted by atomic mass is 19.4. The zero-order valence-corrected chi connectivity index (χ0v) is 15.0. The molecule has 0 spiro atoms. The molecule has 3 heterocycles. The molecule has 0 saturated carbocycles. The number of ether oxygens (including phenoxy) is 1. The van der Waals surface area contributed by atoms with E-state index in [4.69, 9.17) is 4.74 Å². The minimum Gasteiger partial charge on any atom is -0.491 e. The molecular weight excluding hydrogens is 380 g/mol. The van der Waals surface area contributed by atoms with Gasteiger partial charge in [-0.05, 0) is 25.5 Å². The van der Waals surface area contributed by atoms with E-state index in [-0.39, 0.29) is 18.0 Å². The lowest BCUT2D eigenvalue weighted by molar-refractivity contribution is -0.141. The number of carbonyl (C=O) groups excluding carboxylic acids is 1. The van der Waals surface area contributed by atoms with Crippen LogP contribution in [0.4, 0.5) is 23.2 Å². The van der Waals surface area contributed by atoms with Crippen LogP contribution in [0.2, 0.25) is 0 Å². The molecule has 3 aromatic rings. The largest absolute Gasteiger partial charge is 0.491 e. The molecule has 0 fully saturated rings. The third-order valence-corrected chi connectivity index (χ3v) is 3.87. The summed E-state index contributed by atoms with van der Waals surface area (Å²) in [5, 5.41) is 2.37. The molecule has 0 radical (unpaired) electrons. The van der Waals surface area contributed by atoms with E-state index in [1.807, 2.05) is 6.92 Å². The lowest BCUT2D eigenvalue weighted by atomic mass is 10.2. The first-order valence-electron chi connectivity index (χ1n) is 8.42. The van der Waals surface area contributed by atoms with Crippen LogP contribution >= 0.6 is 0 Å². The third kappa shape index (κ3) is 3.90. The van der Waals surface area contributed by atoms with Gasteiger partial charge in [0.2, 0.25) is 0 Å². The molecule has 0 atom stereocenters. The maximum absolute atomic E-state index is 13.9. The molecule has 0 aromatic carbocycles. The molecule has 10 heteroatoms. The number of aryl methyl sites for hydroxylation is 1. The SMILES string of the molecule is CCOc1cc2nc(CC)cn2cc1NC(=O)c1nc(C(F)(F)F)ccc1F. The Hall–Kier alpha value is -3.17. The molecule has 28 heavy (non-hydrogen) atoms. The second-order valence-electron chi connectivity index (χ2n) is 5.81. The average Bonchev–Trinajstić information content (AvgIpc) is 3.03. The van der Waals surface area contributed by atoms with Crippen molar-refractivity contribution in [1.82, 2.24) is 14.4 Å². The van der Waals surface area contributed by atoms with Crippen LogP contribution in [-0.4, -0.2) is 26.9 Å². The molecule has 0 aliphatic carbocycles. The highest BCUT2D eigenvalue weighted by Gasteiger charge is 2.34. The normalized spacial score (nSPS) is 11.6. The van der Waals surface area contributed by atoms with Gasteiger partial charge in [-0.15, -0.1) is 0 Å². The molecule has 0 bridgehead atoms. The van der Waals surface area contributed by atoms with Crippen molar-refractivity contribution in [2.24, 2.45) is 0 Å². The summed E-state index contributed by atoms with van der Waals surface area (Å²) in [5.41, 5.74) is -0.796. The number of nitrogens with one attached hydrogen (secondary N) is 1. The Balaban J connectivity index is 1.99. The molecule has 3 rings (SSSR count). The Bertz CT molecular complexity index is 1030. The van der Waals surface area contributed by atoms with Gasteiger partial charge in [0, 0.05) is 18.5 Å². The lowest BCUT2D eigenvalue weighted by Gasteiger charge is -2.13. The van der Waals surface area contributed by atoms with E-state index in [1.165, 1.54) is 6.20 Å². The summed E-state index contributed by atoms with van der Waals surface area (Å²) in [6, 6.07) is 2.61. The van der Waals surface area contributed by atoms with Gasteiger partial charge in [-0.2, -0.15) is 13.2 Å². The van der Waals surface area contributed by atoms with Crippen molar-refractivity contribution in [1.29, 1.82) is 0 Å². The number of hydrogen-bond donors (Lipinski definition) is 1. The first-order chi connectivity index (χ1) is 13.2. The summed E-state index contributed by atoms with van der Waals surface area (Å²) in [7, 11) is 0. The van der Waals surface area contributed by atoms with Crippen LogP contribution < -0.4 is 10.1 Å². The van der Waals surface area contributed by atoms with Gasteiger partial charge in [0.25, 0.3) is 5.91 Å². The molecule has 0 aliphatic rings. The van der Waals surface area contributed by atoms with Crippen molar-refractivity contribution in [3.63, 3.8) is 0 Å². The van der Waals surface area contributed by atoms with Gasteiger partial charge in [-0.25, -0.2) is 14.4 Å². The Morgan fingerprint density at radius 3 is 2.61 bits per heavy atom. The van der Waals surface area contributed by atoms with Crippen LogP contribution in [0.15, 0.2) is 30.6 Å². The second kappa shape index (κ2) is 7.45. The van der Waals surface area contributed by atoms with E-state index in [1.54, 1.807) is 23.6 Å². The van der Waals surface area contributed by atoms with Gasteiger partial charge < -0.3 is 14.5 Å². The predicted molar refractivity (Wildman–Crippen MR) is 92.9 cm³/mol. The summed E-state index contributed by atoms with van der Waals surface area (Å²) in [5.74, 6) is -2.04. The minimum atomic E-state index is -4.80. The van der Waals surface area contributed by atoms with Crippen LogP contribution in [0.1, 0.15) is 35.7 Å². The smallest absolute Gasteiger partial charge is 0.433 e. The first kappa shape index (κ1) is 19.6. The highest BCUT2D eigenvalue weighted by molar-refractivity contribution is 6.04. The van der Waals surface area contributed by atoms with E-state index in [2.05, 4.69) is 15.3 Å². The monoisotopic (exact) mass is 396 g/mol. The molecular formula is C18H16F4N4O2. The summed E-state index contributed by atoms with van der Waals surface area (Å²) in [4.78, 5) is 19.9. The van der Waals surface area contributed by atoms with E-state index in [0.29, 0.717) is 24.2 Å². The third-order valence-electron chi connectivity index (χ3n) is 3.87. The van der Waals surface area contributed by atoms with Gasteiger partial charge in [0.05, 0.1) is 12.3 Å². The molecule has 1 N–H and O–H groups in total. The zero-order valence-electron chi connectivity index (χ0n) is 15.0. The summed E-state index contributed by atoms with van der Waals surface area (Å²) in [6.07, 6.45) is -0.877. The van der Waals surface area contributed by atoms with E-state index < -0.39 is 29.3 Å². The molecule has 0 unspecified atom stereocenters. The van der Waals surface area contributed by atoms with E-state index >= 15 is 0 Å². The quantitative estimate of drug-likeness (QED) is 0.660. The van der Waals surface area contributed by atoms with E-state index in [9.17, 15) is 22.4 Å². The second-order valence-corrected chi connectivity index (χ2v) is 5.81. The Morgan fingerprint density at radius 2 is 1.96 bits per heavy atom. The van der Waals surface area contributed by atoms with E-state index in [0.717, 1.165) is 5.69 Å². The van der Waals surface area contributed by atoms with Gasteiger partial charge >= 0.3 is 6.18 Å². The number of hydrogen-bond acceptors (Lipinski definition) is 4. The Kier molecular flexibility index (Phi) is 5.21. The fraction of sp³-hybridized carbons (Fsp3) is 0.278. The number of halogens is 4. The lowest BCUT2D eigenvalue weighted by Crippen LogP contribution is -2.19. The molecule has 148 valence electrons. The standard InChI is InChI=1S/C18H16F4N4O2/c1-3-10-8-26-9-12(13(28-4-2)7-15(26)23-10)24-17(27)16-11(19)5-6-14(25-16)18(20,21)22/h5-9H,3-4H2,1-2H3,(H,24,27). The average molecular weight is 396 g/mol. The maximum atomic E-state index is 13.9. The molecule has 1 amide bonds. The van der Waals surface area contributed by atoms with Crippen molar-refractivity contribution in [2.75, 3.05) is 11.9 Å². The highest BCUT2D eigenvalue weighted by Crippen LogP contribution is 2.30. The van der Waals surface area contributed by atoms with Crippen molar-refractivity contribution in [3.8, 4) is 5.75 Å². The number of anilines is 1. The Labute approximate surface area is 157 Å². The maximum Gasteiger partial charge on any atom is 0.433 e. The summed E-state index contributed by atoms with van der Waals surface area (Å²) < 4.78 is 59.5. The molecule has 0 saturated heterocycles. The van der Waals surface area contributed by atoms with Crippen molar-refractivity contribution < 1.29 is 27.1 Å². The number of rotatable bonds is 5. The Morgan fingerprint density at radius 1 is 1.21 bits per heavy atom. The number of carbonyl (C=O) groups is 1. The van der Waals surface area contributed by atoms with Gasteiger partial charge in [-0.3, -0.25) is 4.79 Å². The summed E-state index contributed by atoms with van der Waals surface area (Å²) >= 11 is 0. The van der Waals surface area contributed by atoms with Gasteiger partial charge in [0.1, 0.15) is 22.8 Å². The number of fused-ring (bicyclic) bond motifs is 1. The number of alkyl halides is 3. The van der Waals surface area contributed by atoms with Crippen LogP contribution in [0.3, 0.4) is 0 Å². The number of imidazole rings is 1. The van der Waals surface area contributed by atoms with Gasteiger partial charge in [0.15, 0.2) is 11.5 Å². The number of nitrogens with zero attached hydrogens (tertiary/aromatic N) is 3. The van der Waals surface area contributed by atoms with Crippen LogP contribution in [0.25, 0.3) is 5.65 Å². The molecule has 0 aliphatic heterocycles. The molecule has 3 aromatic heterocycles. The van der Waals surface area contributed by atoms with Crippen molar-refractivity contribution >= 4 is 17.2 Å².